The van der Waals surface area contributed by atoms with Gasteiger partial charge in [0, 0.05) is 5.69 Å². The number of fused-ring (bicyclic) bond motifs is 1. The SMILES string of the molecule is N#Cc1ccc(CNc2ccc3c(c2)COC3)o1. The second-order valence-electron chi connectivity index (χ2n) is 4.21. The molecule has 4 nitrogen and oxygen atoms in total. The van der Waals surface area contributed by atoms with Crippen molar-refractivity contribution in [1.82, 2.24) is 0 Å². The van der Waals surface area contributed by atoms with E-state index in [0.29, 0.717) is 25.5 Å². The van der Waals surface area contributed by atoms with Crippen LogP contribution in [0.1, 0.15) is 22.6 Å². The Hall–Kier alpha value is -2.25. The van der Waals surface area contributed by atoms with E-state index < -0.39 is 0 Å². The van der Waals surface area contributed by atoms with Gasteiger partial charge in [-0.15, -0.1) is 0 Å². The van der Waals surface area contributed by atoms with Crippen molar-refractivity contribution in [3.63, 3.8) is 0 Å². The number of furan rings is 1. The molecule has 0 aliphatic carbocycles. The average Bonchev–Trinajstić information content (AvgIpc) is 3.04. The summed E-state index contributed by atoms with van der Waals surface area (Å²) in [7, 11) is 0. The lowest BCUT2D eigenvalue weighted by molar-refractivity contribution is 0.134. The maximum Gasteiger partial charge on any atom is 0.203 e. The number of hydrogen-bond donors (Lipinski definition) is 1. The van der Waals surface area contributed by atoms with Gasteiger partial charge in [-0.2, -0.15) is 5.26 Å². The molecule has 1 aliphatic rings. The van der Waals surface area contributed by atoms with Crippen LogP contribution in [-0.2, 0) is 24.5 Å². The van der Waals surface area contributed by atoms with Crippen LogP contribution in [0, 0.1) is 11.3 Å². The highest BCUT2D eigenvalue weighted by Crippen LogP contribution is 2.23. The van der Waals surface area contributed by atoms with Crippen LogP contribution >= 0.6 is 0 Å². The number of nitrogens with one attached hydrogen (secondary N) is 1. The summed E-state index contributed by atoms with van der Waals surface area (Å²) in [5.74, 6) is 1.09. The van der Waals surface area contributed by atoms with Crippen LogP contribution in [0.3, 0.4) is 0 Å². The third-order valence-corrected chi connectivity index (χ3v) is 2.96. The third-order valence-electron chi connectivity index (χ3n) is 2.96. The molecule has 4 heteroatoms. The Kier molecular flexibility index (Phi) is 2.75. The van der Waals surface area contributed by atoms with E-state index in [0.717, 1.165) is 11.4 Å². The van der Waals surface area contributed by atoms with Gasteiger partial charge in [-0.3, -0.25) is 0 Å². The topological polar surface area (TPSA) is 58.2 Å². The van der Waals surface area contributed by atoms with Gasteiger partial charge in [0.25, 0.3) is 0 Å². The van der Waals surface area contributed by atoms with Crippen LogP contribution in [-0.4, -0.2) is 0 Å². The molecule has 1 N–H and O–H groups in total. The molecule has 2 aromatic rings. The fraction of sp³-hybridized carbons (Fsp3) is 0.214. The average molecular weight is 240 g/mol. The Balaban J connectivity index is 1.68. The fourth-order valence-electron chi connectivity index (χ4n) is 2.00. The highest BCUT2D eigenvalue weighted by atomic mass is 16.5. The van der Waals surface area contributed by atoms with E-state index in [1.54, 1.807) is 6.07 Å². The lowest BCUT2D eigenvalue weighted by Crippen LogP contribution is -1.98. The number of nitriles is 1. The van der Waals surface area contributed by atoms with E-state index in [4.69, 9.17) is 14.4 Å². The summed E-state index contributed by atoms with van der Waals surface area (Å²) in [6.45, 7) is 1.96. The summed E-state index contributed by atoms with van der Waals surface area (Å²) < 4.78 is 10.7. The highest BCUT2D eigenvalue weighted by molar-refractivity contribution is 5.49. The summed E-state index contributed by atoms with van der Waals surface area (Å²) >= 11 is 0. The lowest BCUT2D eigenvalue weighted by atomic mass is 10.1. The molecule has 0 unspecified atom stereocenters. The van der Waals surface area contributed by atoms with Crippen molar-refractivity contribution in [3.05, 3.63) is 53.0 Å². The minimum Gasteiger partial charge on any atom is -0.449 e. The number of benzene rings is 1. The van der Waals surface area contributed by atoms with Crippen molar-refractivity contribution in [1.29, 1.82) is 5.26 Å². The van der Waals surface area contributed by atoms with Crippen LogP contribution in [0.4, 0.5) is 5.69 Å². The molecule has 0 saturated carbocycles. The number of ether oxygens (including phenoxy) is 1. The van der Waals surface area contributed by atoms with Crippen molar-refractivity contribution in [3.8, 4) is 6.07 Å². The van der Waals surface area contributed by atoms with Crippen molar-refractivity contribution in [2.45, 2.75) is 19.8 Å². The maximum absolute atomic E-state index is 8.66. The fourth-order valence-corrected chi connectivity index (χ4v) is 2.00. The Morgan fingerprint density at radius 3 is 2.89 bits per heavy atom. The molecule has 0 spiro atoms. The Bertz CT molecular complexity index is 610. The minimum atomic E-state index is 0.342. The van der Waals surface area contributed by atoms with Gasteiger partial charge < -0.3 is 14.5 Å². The van der Waals surface area contributed by atoms with Crippen molar-refractivity contribution in [2.24, 2.45) is 0 Å². The van der Waals surface area contributed by atoms with Crippen LogP contribution in [0.2, 0.25) is 0 Å². The normalized spacial score (nSPS) is 13.1. The van der Waals surface area contributed by atoms with Gasteiger partial charge in [-0.05, 0) is 35.4 Å². The van der Waals surface area contributed by atoms with Crippen LogP contribution in [0.25, 0.3) is 0 Å². The first-order valence-electron chi connectivity index (χ1n) is 5.77. The van der Waals surface area contributed by atoms with Gasteiger partial charge in [-0.25, -0.2) is 0 Å². The Morgan fingerprint density at radius 2 is 2.06 bits per heavy atom. The molecule has 0 bridgehead atoms. The minimum absolute atomic E-state index is 0.342. The zero-order valence-corrected chi connectivity index (χ0v) is 9.77. The van der Waals surface area contributed by atoms with E-state index in [1.165, 1.54) is 11.1 Å². The van der Waals surface area contributed by atoms with Gasteiger partial charge in [0.2, 0.25) is 5.76 Å². The second kappa shape index (κ2) is 4.55. The van der Waals surface area contributed by atoms with E-state index in [2.05, 4.69) is 17.4 Å². The number of hydrogen-bond acceptors (Lipinski definition) is 4. The molecule has 18 heavy (non-hydrogen) atoms. The zero-order valence-electron chi connectivity index (χ0n) is 9.77. The molecule has 3 rings (SSSR count). The van der Waals surface area contributed by atoms with Crippen molar-refractivity contribution >= 4 is 5.69 Å². The molecule has 2 heterocycles. The smallest absolute Gasteiger partial charge is 0.203 e. The first-order chi connectivity index (χ1) is 8.85. The van der Waals surface area contributed by atoms with E-state index in [1.807, 2.05) is 18.2 Å². The molecular weight excluding hydrogens is 228 g/mol. The van der Waals surface area contributed by atoms with Gasteiger partial charge in [-0.1, -0.05) is 6.07 Å². The molecule has 0 saturated heterocycles. The van der Waals surface area contributed by atoms with Crippen molar-refractivity contribution < 1.29 is 9.15 Å². The van der Waals surface area contributed by atoms with Crippen molar-refractivity contribution in [2.75, 3.05) is 5.32 Å². The number of anilines is 1. The molecular formula is C14H12N2O2. The Morgan fingerprint density at radius 1 is 1.17 bits per heavy atom. The lowest BCUT2D eigenvalue weighted by Gasteiger charge is -2.06. The Labute approximate surface area is 105 Å². The first kappa shape index (κ1) is 10.9. The van der Waals surface area contributed by atoms with Gasteiger partial charge in [0.05, 0.1) is 19.8 Å². The summed E-state index contributed by atoms with van der Waals surface area (Å²) in [5, 5.41) is 11.9. The van der Waals surface area contributed by atoms with Gasteiger partial charge in [0.15, 0.2) is 0 Å². The molecule has 0 radical (unpaired) electrons. The molecule has 1 aromatic carbocycles. The monoisotopic (exact) mass is 240 g/mol. The summed E-state index contributed by atoms with van der Waals surface area (Å²) in [6.07, 6.45) is 0. The summed E-state index contributed by atoms with van der Waals surface area (Å²) in [6, 6.07) is 11.7. The van der Waals surface area contributed by atoms with Crippen LogP contribution in [0.5, 0.6) is 0 Å². The molecule has 0 fully saturated rings. The predicted octanol–water partition coefficient (Wildman–Crippen LogP) is 2.79. The summed E-state index contributed by atoms with van der Waals surface area (Å²) in [4.78, 5) is 0. The highest BCUT2D eigenvalue weighted by Gasteiger charge is 2.11. The van der Waals surface area contributed by atoms with Crippen LogP contribution < -0.4 is 5.32 Å². The number of nitrogens with zero attached hydrogens (tertiary/aromatic N) is 1. The van der Waals surface area contributed by atoms with E-state index in [-0.39, 0.29) is 0 Å². The zero-order chi connectivity index (χ0) is 12.4. The largest absolute Gasteiger partial charge is 0.449 e. The van der Waals surface area contributed by atoms with Crippen LogP contribution in [0.15, 0.2) is 34.7 Å². The molecule has 1 aromatic heterocycles. The third kappa shape index (κ3) is 2.08. The molecule has 1 aliphatic heterocycles. The van der Waals surface area contributed by atoms with Gasteiger partial charge >= 0.3 is 0 Å². The molecule has 0 amide bonds. The maximum atomic E-state index is 8.66. The predicted molar refractivity (Wildman–Crippen MR) is 65.7 cm³/mol. The van der Waals surface area contributed by atoms with E-state index >= 15 is 0 Å². The summed E-state index contributed by atoms with van der Waals surface area (Å²) in [5.41, 5.74) is 3.52. The quantitative estimate of drug-likeness (QED) is 0.896. The number of rotatable bonds is 3. The second-order valence-corrected chi connectivity index (χ2v) is 4.21. The van der Waals surface area contributed by atoms with Gasteiger partial charge in [0.1, 0.15) is 11.8 Å². The first-order valence-corrected chi connectivity index (χ1v) is 5.77. The van der Waals surface area contributed by atoms with E-state index in [9.17, 15) is 0 Å². The molecule has 90 valence electrons. The standard InChI is InChI=1S/C14H12N2O2/c15-6-13-3-4-14(18-13)7-16-12-2-1-10-8-17-9-11(10)5-12/h1-5,16H,7-9H2. The molecule has 0 atom stereocenters.